The Kier molecular flexibility index (Phi) is 5.48. The van der Waals surface area contributed by atoms with Crippen LogP contribution >= 0.6 is 11.8 Å². The van der Waals surface area contributed by atoms with E-state index in [0.717, 1.165) is 0 Å². The monoisotopic (exact) mass is 295 g/mol. The van der Waals surface area contributed by atoms with Crippen LogP contribution in [0, 0.1) is 0 Å². The highest BCUT2D eigenvalue weighted by molar-refractivity contribution is 8.02. The van der Waals surface area contributed by atoms with Gasteiger partial charge in [-0.3, -0.25) is 4.79 Å². The number of carbonyl (C=O) groups is 1. The van der Waals surface area contributed by atoms with Gasteiger partial charge >= 0.3 is 0 Å². The first-order valence-electron chi connectivity index (χ1n) is 6.04. The van der Waals surface area contributed by atoms with E-state index < -0.39 is 15.4 Å². The molecule has 1 aliphatic rings. The van der Waals surface area contributed by atoms with Gasteiger partial charge in [0, 0.05) is 5.25 Å². The van der Waals surface area contributed by atoms with Crippen molar-refractivity contribution in [3.8, 4) is 0 Å². The highest BCUT2D eigenvalue weighted by atomic mass is 32.2. The van der Waals surface area contributed by atoms with Crippen LogP contribution in [0.15, 0.2) is 0 Å². The number of hydrogen-bond acceptors (Lipinski definition) is 5. The maximum absolute atomic E-state index is 11.7. The van der Waals surface area contributed by atoms with Crippen molar-refractivity contribution in [2.75, 3.05) is 23.9 Å². The zero-order valence-electron chi connectivity index (χ0n) is 10.8. The Morgan fingerprint density at radius 2 is 2.22 bits per heavy atom. The van der Waals surface area contributed by atoms with E-state index in [1.165, 1.54) is 11.8 Å². The van der Waals surface area contributed by atoms with Gasteiger partial charge in [-0.05, 0) is 19.8 Å². The van der Waals surface area contributed by atoms with Crippen molar-refractivity contribution < 1.29 is 18.3 Å². The average molecular weight is 295 g/mol. The topological polar surface area (TPSA) is 83.5 Å². The van der Waals surface area contributed by atoms with Crippen LogP contribution in [0.25, 0.3) is 0 Å². The molecule has 7 heteroatoms. The molecule has 0 bridgehead atoms. The molecule has 0 saturated carbocycles. The Morgan fingerprint density at radius 3 is 2.67 bits per heavy atom. The van der Waals surface area contributed by atoms with E-state index in [1.807, 2.05) is 6.92 Å². The fourth-order valence-corrected chi connectivity index (χ4v) is 5.14. The second-order valence-corrected chi connectivity index (χ2v) is 8.47. The number of amides is 1. The van der Waals surface area contributed by atoms with E-state index in [1.54, 1.807) is 6.92 Å². The number of thioether (sulfide) groups is 1. The fourth-order valence-electron chi connectivity index (χ4n) is 1.70. The van der Waals surface area contributed by atoms with E-state index in [9.17, 15) is 18.3 Å². The summed E-state index contributed by atoms with van der Waals surface area (Å²) in [6, 6.07) is 0. The van der Waals surface area contributed by atoms with Gasteiger partial charge in [-0.25, -0.2) is 8.42 Å². The summed E-state index contributed by atoms with van der Waals surface area (Å²) in [7, 11) is -2.88. The minimum absolute atomic E-state index is 0.0303. The molecule has 1 aliphatic heterocycles. The smallest absolute Gasteiger partial charge is 0.230 e. The van der Waals surface area contributed by atoms with Crippen LogP contribution in [-0.4, -0.2) is 54.1 Å². The SMILES string of the molecule is CCC(C)(CO)NC(=O)CSC1CCS(=O)(=O)C1. The summed E-state index contributed by atoms with van der Waals surface area (Å²) in [4.78, 5) is 11.7. The summed E-state index contributed by atoms with van der Waals surface area (Å²) >= 11 is 1.38. The zero-order valence-corrected chi connectivity index (χ0v) is 12.4. The third kappa shape index (κ3) is 4.78. The lowest BCUT2D eigenvalue weighted by Crippen LogP contribution is -2.49. The Labute approximate surface area is 113 Å². The number of sulfone groups is 1. The molecule has 0 aromatic heterocycles. The van der Waals surface area contributed by atoms with Crippen molar-refractivity contribution in [3.63, 3.8) is 0 Å². The minimum Gasteiger partial charge on any atom is -0.394 e. The summed E-state index contributed by atoms with van der Waals surface area (Å²) in [6.07, 6.45) is 1.28. The summed E-state index contributed by atoms with van der Waals surface area (Å²) in [6.45, 7) is 3.58. The lowest BCUT2D eigenvalue weighted by atomic mass is 10.0. The molecule has 2 unspecified atom stereocenters. The molecular formula is C11H21NO4S2. The molecule has 1 amide bonds. The molecule has 0 aromatic carbocycles. The van der Waals surface area contributed by atoms with Crippen LogP contribution in [0.3, 0.4) is 0 Å². The Morgan fingerprint density at radius 1 is 1.56 bits per heavy atom. The van der Waals surface area contributed by atoms with Crippen LogP contribution in [0.4, 0.5) is 0 Å². The maximum Gasteiger partial charge on any atom is 0.230 e. The quantitative estimate of drug-likeness (QED) is 0.730. The van der Waals surface area contributed by atoms with E-state index in [0.29, 0.717) is 12.8 Å². The van der Waals surface area contributed by atoms with Gasteiger partial charge < -0.3 is 10.4 Å². The van der Waals surface area contributed by atoms with Crippen molar-refractivity contribution in [1.82, 2.24) is 5.32 Å². The van der Waals surface area contributed by atoms with E-state index in [4.69, 9.17) is 0 Å². The molecule has 2 atom stereocenters. The molecule has 0 aromatic rings. The summed E-state index contributed by atoms with van der Waals surface area (Å²) in [5, 5.41) is 12.0. The average Bonchev–Trinajstić information content (AvgIpc) is 2.66. The number of rotatable bonds is 6. The van der Waals surface area contributed by atoms with Gasteiger partial charge in [-0.15, -0.1) is 11.8 Å². The molecule has 106 valence electrons. The molecule has 0 spiro atoms. The van der Waals surface area contributed by atoms with Crippen molar-refractivity contribution in [1.29, 1.82) is 0 Å². The molecular weight excluding hydrogens is 274 g/mol. The van der Waals surface area contributed by atoms with Crippen molar-refractivity contribution in [2.24, 2.45) is 0 Å². The lowest BCUT2D eigenvalue weighted by Gasteiger charge is -2.27. The van der Waals surface area contributed by atoms with Gasteiger partial charge in [0.25, 0.3) is 0 Å². The highest BCUT2D eigenvalue weighted by Gasteiger charge is 2.29. The zero-order chi connectivity index (χ0) is 13.8. The highest BCUT2D eigenvalue weighted by Crippen LogP contribution is 2.24. The van der Waals surface area contributed by atoms with Gasteiger partial charge in [-0.2, -0.15) is 0 Å². The normalized spacial score (nSPS) is 25.6. The van der Waals surface area contributed by atoms with Gasteiger partial charge in [-0.1, -0.05) is 6.92 Å². The van der Waals surface area contributed by atoms with Gasteiger partial charge in [0.15, 0.2) is 9.84 Å². The largest absolute Gasteiger partial charge is 0.394 e. The third-order valence-electron chi connectivity index (χ3n) is 3.21. The molecule has 0 radical (unpaired) electrons. The maximum atomic E-state index is 11.7. The van der Waals surface area contributed by atoms with Crippen LogP contribution in [-0.2, 0) is 14.6 Å². The second-order valence-electron chi connectivity index (χ2n) is 4.96. The molecule has 5 nitrogen and oxygen atoms in total. The van der Waals surface area contributed by atoms with Crippen LogP contribution in [0.2, 0.25) is 0 Å². The lowest BCUT2D eigenvalue weighted by molar-refractivity contribution is -0.120. The fraction of sp³-hybridized carbons (Fsp3) is 0.909. The van der Waals surface area contributed by atoms with Crippen molar-refractivity contribution in [2.45, 2.75) is 37.5 Å². The first kappa shape index (κ1) is 15.8. The minimum atomic E-state index is -2.88. The predicted octanol–water partition coefficient (Wildman–Crippen LogP) is 0.184. The van der Waals surface area contributed by atoms with Gasteiger partial charge in [0.05, 0.1) is 29.4 Å². The number of aliphatic hydroxyl groups is 1. The second kappa shape index (κ2) is 6.25. The number of nitrogens with one attached hydrogen (secondary N) is 1. The molecule has 2 N–H and O–H groups in total. The molecule has 1 saturated heterocycles. The number of carbonyl (C=O) groups excluding carboxylic acids is 1. The first-order chi connectivity index (χ1) is 8.30. The Balaban J connectivity index is 2.34. The van der Waals surface area contributed by atoms with Crippen LogP contribution in [0.1, 0.15) is 26.7 Å². The molecule has 1 fully saturated rings. The van der Waals surface area contributed by atoms with E-state index in [-0.39, 0.29) is 35.0 Å². The van der Waals surface area contributed by atoms with Gasteiger partial charge in [0.1, 0.15) is 0 Å². The summed E-state index contributed by atoms with van der Waals surface area (Å²) in [5.74, 6) is 0.504. The number of hydrogen-bond donors (Lipinski definition) is 2. The Bertz CT molecular complexity index is 390. The molecule has 1 rings (SSSR count). The van der Waals surface area contributed by atoms with E-state index in [2.05, 4.69) is 5.32 Å². The van der Waals surface area contributed by atoms with Gasteiger partial charge in [0.2, 0.25) is 5.91 Å². The standard InChI is InChI=1S/C11H21NO4S2/c1-3-11(2,8-13)12-10(14)6-17-9-4-5-18(15,16)7-9/h9,13H,3-8H2,1-2H3,(H,12,14). The summed E-state index contributed by atoms with van der Waals surface area (Å²) in [5.41, 5.74) is -0.584. The Hall–Kier alpha value is -0.270. The molecule has 18 heavy (non-hydrogen) atoms. The predicted molar refractivity (Wildman–Crippen MR) is 73.4 cm³/mol. The molecule has 1 heterocycles. The van der Waals surface area contributed by atoms with Crippen molar-refractivity contribution in [3.05, 3.63) is 0 Å². The van der Waals surface area contributed by atoms with E-state index >= 15 is 0 Å². The number of aliphatic hydroxyl groups excluding tert-OH is 1. The third-order valence-corrected chi connectivity index (χ3v) is 6.49. The van der Waals surface area contributed by atoms with Crippen molar-refractivity contribution >= 4 is 27.5 Å². The molecule has 0 aliphatic carbocycles. The summed E-state index contributed by atoms with van der Waals surface area (Å²) < 4.78 is 22.5. The first-order valence-corrected chi connectivity index (χ1v) is 8.91. The van der Waals surface area contributed by atoms with Crippen LogP contribution < -0.4 is 5.32 Å². The van der Waals surface area contributed by atoms with Crippen LogP contribution in [0.5, 0.6) is 0 Å².